The number of urea groups is 1. The molecule has 0 aliphatic rings. The molecule has 34 heavy (non-hydrogen) atoms. The van der Waals surface area contributed by atoms with Gasteiger partial charge in [0.1, 0.15) is 10.7 Å². The molecule has 3 rings (SSSR count). The number of carbonyl (C=O) groups is 2. The number of imide groups is 1. The Labute approximate surface area is 198 Å². The van der Waals surface area contributed by atoms with Crippen LogP contribution in [0, 0.1) is 10.1 Å². The summed E-state index contributed by atoms with van der Waals surface area (Å²) in [6.07, 6.45) is -4.72. The lowest BCUT2D eigenvalue weighted by Crippen LogP contribution is -2.34. The van der Waals surface area contributed by atoms with Gasteiger partial charge in [0, 0.05) is 12.1 Å². The summed E-state index contributed by atoms with van der Waals surface area (Å²) in [6.45, 7) is 0. The number of nitrogens with one attached hydrogen (secondary N) is 2. The summed E-state index contributed by atoms with van der Waals surface area (Å²) in [5.74, 6) is -1.61. The summed E-state index contributed by atoms with van der Waals surface area (Å²) >= 11 is 11.7. The number of benzene rings is 2. The van der Waals surface area contributed by atoms with Crippen molar-refractivity contribution in [2.45, 2.75) is 6.18 Å². The smallest absolute Gasteiger partial charge is 0.419 e. The lowest BCUT2D eigenvalue weighted by atomic mass is 10.1. The lowest BCUT2D eigenvalue weighted by Gasteiger charge is -2.14. The van der Waals surface area contributed by atoms with Crippen LogP contribution in [0.25, 0.3) is 0 Å². The van der Waals surface area contributed by atoms with E-state index in [1.807, 2.05) is 5.32 Å². The summed E-state index contributed by atoms with van der Waals surface area (Å²) in [7, 11) is 0. The molecule has 3 aromatic rings. The molecule has 0 unspecified atom stereocenters. The molecule has 0 aliphatic heterocycles. The van der Waals surface area contributed by atoms with Gasteiger partial charge < -0.3 is 10.1 Å². The van der Waals surface area contributed by atoms with E-state index >= 15 is 0 Å². The number of amides is 3. The van der Waals surface area contributed by atoms with Crippen LogP contribution >= 0.6 is 23.2 Å². The van der Waals surface area contributed by atoms with Gasteiger partial charge in [-0.1, -0.05) is 41.4 Å². The quantitative estimate of drug-likeness (QED) is 0.242. The molecule has 9 nitrogen and oxygen atoms in total. The van der Waals surface area contributed by atoms with Crippen molar-refractivity contribution in [1.29, 1.82) is 0 Å². The van der Waals surface area contributed by atoms with E-state index in [0.717, 1.165) is 18.2 Å². The number of nitro groups is 1. The maximum Gasteiger partial charge on any atom is 0.419 e. The standard InChI is InChI=1S/C20H11Cl2F3N4O5/c21-12-5-3-6-13(16(12)34-15-9-8-11(17(22)27-15)20(23,24)25)26-19(31)28-18(30)10-4-1-2-7-14(10)29(32)33/h1-9H,(H2,26,28,30,31). The third-order valence-electron chi connectivity index (χ3n) is 4.12. The number of nitro benzene ring substituents is 1. The summed E-state index contributed by atoms with van der Waals surface area (Å²) in [4.78, 5) is 38.5. The highest BCUT2D eigenvalue weighted by Gasteiger charge is 2.34. The van der Waals surface area contributed by atoms with Gasteiger partial charge in [-0.25, -0.2) is 9.78 Å². The monoisotopic (exact) mass is 514 g/mol. The predicted molar refractivity (Wildman–Crippen MR) is 115 cm³/mol. The Hall–Kier alpha value is -3.90. The summed E-state index contributed by atoms with van der Waals surface area (Å²) in [5.41, 5.74) is -2.12. The van der Waals surface area contributed by atoms with Gasteiger partial charge in [0.15, 0.2) is 5.75 Å². The fourth-order valence-electron chi connectivity index (χ4n) is 2.65. The summed E-state index contributed by atoms with van der Waals surface area (Å²) < 4.78 is 44.0. The predicted octanol–water partition coefficient (Wildman–Crippen LogP) is 6.07. The molecule has 0 saturated heterocycles. The van der Waals surface area contributed by atoms with Gasteiger partial charge in [-0.3, -0.25) is 20.2 Å². The number of anilines is 1. The first-order chi connectivity index (χ1) is 16.0. The van der Waals surface area contributed by atoms with Crippen LogP contribution in [0.1, 0.15) is 15.9 Å². The first-order valence-corrected chi connectivity index (χ1v) is 9.79. The summed E-state index contributed by atoms with van der Waals surface area (Å²) in [6, 6.07) is 9.57. The number of hydrogen-bond acceptors (Lipinski definition) is 6. The van der Waals surface area contributed by atoms with E-state index in [4.69, 9.17) is 27.9 Å². The van der Waals surface area contributed by atoms with E-state index in [0.29, 0.717) is 6.07 Å². The van der Waals surface area contributed by atoms with Gasteiger partial charge in [-0.05, 0) is 24.3 Å². The number of pyridine rings is 1. The third kappa shape index (κ3) is 5.71. The molecule has 2 N–H and O–H groups in total. The molecular weight excluding hydrogens is 504 g/mol. The van der Waals surface area contributed by atoms with Crippen molar-refractivity contribution < 1.29 is 32.4 Å². The molecule has 0 bridgehead atoms. The van der Waals surface area contributed by atoms with Crippen molar-refractivity contribution in [3.05, 3.63) is 86.0 Å². The van der Waals surface area contributed by atoms with E-state index < -0.39 is 39.4 Å². The zero-order valence-electron chi connectivity index (χ0n) is 16.5. The molecule has 14 heteroatoms. The van der Waals surface area contributed by atoms with Gasteiger partial charge in [-0.15, -0.1) is 0 Å². The zero-order valence-corrected chi connectivity index (χ0v) is 18.0. The van der Waals surface area contributed by atoms with E-state index in [1.54, 1.807) is 0 Å². The van der Waals surface area contributed by atoms with Crippen LogP contribution in [0.4, 0.5) is 29.3 Å². The third-order valence-corrected chi connectivity index (χ3v) is 4.71. The average Bonchev–Trinajstić information content (AvgIpc) is 2.75. The molecule has 0 saturated carbocycles. The minimum atomic E-state index is -4.72. The second-order valence-electron chi connectivity index (χ2n) is 6.39. The summed E-state index contributed by atoms with van der Waals surface area (Å²) in [5, 5.41) is 14.4. The van der Waals surface area contributed by atoms with Gasteiger partial charge in [-0.2, -0.15) is 13.2 Å². The molecule has 0 fully saturated rings. The fraction of sp³-hybridized carbons (Fsp3) is 0.0500. The first kappa shape index (κ1) is 24.7. The molecule has 176 valence electrons. The van der Waals surface area contributed by atoms with Crippen LogP contribution in [0.15, 0.2) is 54.6 Å². The fourth-order valence-corrected chi connectivity index (χ4v) is 3.12. The molecule has 1 aromatic heterocycles. The molecule has 1 heterocycles. The van der Waals surface area contributed by atoms with Gasteiger partial charge >= 0.3 is 12.2 Å². The molecule has 0 spiro atoms. The SMILES string of the molecule is O=C(NC(=O)c1ccccc1[N+](=O)[O-])Nc1cccc(Cl)c1Oc1ccc(C(F)(F)F)c(Cl)n1. The molecule has 0 radical (unpaired) electrons. The van der Waals surface area contributed by atoms with Crippen molar-refractivity contribution in [3.8, 4) is 11.6 Å². The van der Waals surface area contributed by atoms with Crippen LogP contribution in [0.3, 0.4) is 0 Å². The molecule has 0 atom stereocenters. The van der Waals surface area contributed by atoms with Gasteiger partial charge in [0.2, 0.25) is 5.88 Å². The van der Waals surface area contributed by atoms with Crippen LogP contribution in [0.2, 0.25) is 10.2 Å². The minimum Gasteiger partial charge on any atom is -0.435 e. The van der Waals surface area contributed by atoms with Crippen molar-refractivity contribution in [2.24, 2.45) is 0 Å². The Bertz CT molecular complexity index is 1290. The average molecular weight is 515 g/mol. The van der Waals surface area contributed by atoms with Crippen LogP contribution in [-0.4, -0.2) is 21.8 Å². The van der Waals surface area contributed by atoms with Crippen molar-refractivity contribution in [3.63, 3.8) is 0 Å². The highest BCUT2D eigenvalue weighted by Crippen LogP contribution is 2.38. The molecular formula is C20H11Cl2F3N4O5. The Balaban J connectivity index is 1.80. The van der Waals surface area contributed by atoms with Gasteiger partial charge in [0.05, 0.1) is 21.2 Å². The number of nitrogens with zero attached hydrogens (tertiary/aromatic N) is 2. The second-order valence-corrected chi connectivity index (χ2v) is 7.15. The number of alkyl halides is 3. The molecule has 0 aliphatic carbocycles. The van der Waals surface area contributed by atoms with E-state index in [-0.39, 0.29) is 27.9 Å². The largest absolute Gasteiger partial charge is 0.435 e. The highest BCUT2D eigenvalue weighted by molar-refractivity contribution is 6.32. The second kappa shape index (κ2) is 9.93. The Kier molecular flexibility index (Phi) is 7.23. The Morgan fingerprint density at radius 3 is 2.38 bits per heavy atom. The van der Waals surface area contributed by atoms with Crippen molar-refractivity contribution in [2.75, 3.05) is 5.32 Å². The lowest BCUT2D eigenvalue weighted by molar-refractivity contribution is -0.385. The van der Waals surface area contributed by atoms with E-state index in [2.05, 4.69) is 10.3 Å². The Morgan fingerprint density at radius 2 is 1.74 bits per heavy atom. The number of hydrogen-bond donors (Lipinski definition) is 2. The number of carbonyl (C=O) groups excluding carboxylic acids is 2. The van der Waals surface area contributed by atoms with Crippen LogP contribution in [-0.2, 0) is 6.18 Å². The van der Waals surface area contributed by atoms with Crippen molar-refractivity contribution >= 4 is 46.5 Å². The van der Waals surface area contributed by atoms with E-state index in [9.17, 15) is 32.9 Å². The number of aromatic nitrogens is 1. The number of para-hydroxylation sites is 2. The van der Waals surface area contributed by atoms with Crippen molar-refractivity contribution in [1.82, 2.24) is 10.3 Å². The normalized spacial score (nSPS) is 11.0. The minimum absolute atomic E-state index is 0.0550. The molecule has 2 aromatic carbocycles. The maximum absolute atomic E-state index is 12.9. The Morgan fingerprint density at radius 1 is 1.03 bits per heavy atom. The number of rotatable bonds is 5. The molecule has 3 amide bonds. The first-order valence-electron chi connectivity index (χ1n) is 9.03. The van der Waals surface area contributed by atoms with Gasteiger partial charge in [0.25, 0.3) is 11.6 Å². The van der Waals surface area contributed by atoms with E-state index in [1.165, 1.54) is 30.3 Å². The zero-order chi connectivity index (χ0) is 25.0. The van der Waals surface area contributed by atoms with Crippen LogP contribution < -0.4 is 15.4 Å². The topological polar surface area (TPSA) is 123 Å². The number of halogens is 5. The van der Waals surface area contributed by atoms with Crippen LogP contribution in [0.5, 0.6) is 11.6 Å². The number of ether oxygens (including phenoxy) is 1. The highest BCUT2D eigenvalue weighted by atomic mass is 35.5. The maximum atomic E-state index is 12.9.